The molecule has 1 aliphatic rings. The number of aromatic nitrogens is 4. The van der Waals surface area contributed by atoms with Gasteiger partial charge in [0.15, 0.2) is 0 Å². The lowest BCUT2D eigenvalue weighted by atomic mass is 9.82. The minimum atomic E-state index is -4.51. The minimum Gasteiger partial charge on any atom is -0.396 e. The highest BCUT2D eigenvalue weighted by Gasteiger charge is 2.32. The van der Waals surface area contributed by atoms with Crippen molar-refractivity contribution < 1.29 is 18.0 Å². The lowest BCUT2D eigenvalue weighted by Gasteiger charge is -2.33. The van der Waals surface area contributed by atoms with Crippen LogP contribution in [0.25, 0.3) is 22.3 Å². The molecule has 1 saturated carbocycles. The van der Waals surface area contributed by atoms with E-state index in [1.54, 1.807) is 6.20 Å². The van der Waals surface area contributed by atoms with Crippen LogP contribution in [0.3, 0.4) is 0 Å². The third kappa shape index (κ3) is 5.06. The zero-order valence-corrected chi connectivity index (χ0v) is 18.6. The topological polar surface area (TPSA) is 148 Å². The molecule has 1 atom stereocenters. The Balaban J connectivity index is 1.51. The summed E-state index contributed by atoms with van der Waals surface area (Å²) >= 11 is 0. The molecular weight excluding hydrogens is 449 g/mol. The van der Waals surface area contributed by atoms with Gasteiger partial charge in [0.25, 0.3) is 0 Å². The number of carbonyl (C=O) groups excluding carboxylic acids is 1. The van der Waals surface area contributed by atoms with Gasteiger partial charge in [-0.25, -0.2) is 15.0 Å². The van der Waals surface area contributed by atoms with E-state index in [0.29, 0.717) is 28.8 Å². The van der Waals surface area contributed by atoms with Gasteiger partial charge in [0, 0.05) is 35.4 Å². The summed E-state index contributed by atoms with van der Waals surface area (Å²) in [7, 11) is 0. The van der Waals surface area contributed by atoms with Crippen LogP contribution in [0.5, 0.6) is 0 Å². The van der Waals surface area contributed by atoms with Gasteiger partial charge in [0.1, 0.15) is 11.3 Å². The van der Waals surface area contributed by atoms with Crippen molar-refractivity contribution in [3.05, 3.63) is 30.2 Å². The molecule has 12 heteroatoms. The minimum absolute atomic E-state index is 0.0152. The SMILES string of the molecule is C[C@@H](Nc1ncc(N)c(-c2c[nH]c3ncc(C(F)(F)F)cc23)n1)C1CCC(NC(=O)CN)CC1. The molecule has 0 saturated heterocycles. The number of hydrogen-bond acceptors (Lipinski definition) is 7. The summed E-state index contributed by atoms with van der Waals surface area (Å²) in [5, 5.41) is 6.51. The van der Waals surface area contributed by atoms with E-state index in [9.17, 15) is 18.0 Å². The van der Waals surface area contributed by atoms with Crippen molar-refractivity contribution in [2.75, 3.05) is 17.6 Å². The largest absolute Gasteiger partial charge is 0.417 e. The quantitative estimate of drug-likeness (QED) is 0.367. The fraction of sp³-hybridized carbons (Fsp3) is 0.455. The maximum atomic E-state index is 13.2. The second-order valence-corrected chi connectivity index (χ2v) is 8.63. The van der Waals surface area contributed by atoms with Crippen LogP contribution in [0.1, 0.15) is 38.2 Å². The standard InChI is InChI=1S/C22H27F3N8O/c1-11(12-2-4-14(5-3-12)32-18(34)7-26)31-21-30-10-17(27)19(33-21)16-9-29-20-15(16)6-13(8-28-20)22(23,24)25/h6,8-12,14H,2-5,7,26-27H2,1H3,(H,28,29)(H,32,34)(H,30,31,33)/t11-,12?,14?/m1/s1. The smallest absolute Gasteiger partial charge is 0.396 e. The molecule has 7 N–H and O–H groups in total. The van der Waals surface area contributed by atoms with E-state index < -0.39 is 11.7 Å². The van der Waals surface area contributed by atoms with E-state index in [4.69, 9.17) is 11.5 Å². The molecule has 9 nitrogen and oxygen atoms in total. The number of carbonyl (C=O) groups is 1. The van der Waals surface area contributed by atoms with E-state index >= 15 is 0 Å². The highest BCUT2D eigenvalue weighted by atomic mass is 19.4. The molecule has 1 aliphatic carbocycles. The van der Waals surface area contributed by atoms with Crippen LogP contribution in [0, 0.1) is 5.92 Å². The molecule has 3 aromatic heterocycles. The first-order valence-corrected chi connectivity index (χ1v) is 11.1. The second kappa shape index (κ2) is 9.45. The van der Waals surface area contributed by atoms with Crippen LogP contribution >= 0.6 is 0 Å². The van der Waals surface area contributed by atoms with Crippen LogP contribution in [0.2, 0.25) is 0 Å². The molecule has 0 radical (unpaired) electrons. The Morgan fingerprint density at radius 3 is 2.65 bits per heavy atom. The summed E-state index contributed by atoms with van der Waals surface area (Å²) in [5.41, 5.74) is 11.9. The molecule has 0 spiro atoms. The van der Waals surface area contributed by atoms with E-state index in [1.807, 2.05) is 6.92 Å². The number of H-pyrrole nitrogens is 1. The third-order valence-electron chi connectivity index (χ3n) is 6.32. The summed E-state index contributed by atoms with van der Waals surface area (Å²) in [6, 6.07) is 1.22. The molecule has 1 amide bonds. The van der Waals surface area contributed by atoms with Crippen LogP contribution < -0.4 is 22.1 Å². The average molecular weight is 477 g/mol. The maximum Gasteiger partial charge on any atom is 0.417 e. The van der Waals surface area contributed by atoms with Gasteiger partial charge < -0.3 is 27.1 Å². The molecular formula is C22H27F3N8O. The zero-order chi connectivity index (χ0) is 24.5. The number of amides is 1. The molecule has 4 rings (SSSR count). The van der Waals surface area contributed by atoms with Crippen molar-refractivity contribution in [3.63, 3.8) is 0 Å². The normalized spacial score (nSPS) is 19.7. The molecule has 34 heavy (non-hydrogen) atoms. The Labute approximate surface area is 193 Å². The van der Waals surface area contributed by atoms with Gasteiger partial charge in [-0.3, -0.25) is 4.79 Å². The summed E-state index contributed by atoms with van der Waals surface area (Å²) in [6.45, 7) is 2.02. The number of anilines is 2. The molecule has 3 heterocycles. The van der Waals surface area contributed by atoms with E-state index in [0.717, 1.165) is 37.9 Å². The van der Waals surface area contributed by atoms with Crippen molar-refractivity contribution >= 4 is 28.6 Å². The van der Waals surface area contributed by atoms with Crippen LogP contribution in [-0.2, 0) is 11.0 Å². The van der Waals surface area contributed by atoms with Crippen molar-refractivity contribution in [1.29, 1.82) is 0 Å². The first kappa shape index (κ1) is 23.7. The summed E-state index contributed by atoms with van der Waals surface area (Å²) in [6.07, 6.45) is 2.81. The lowest BCUT2D eigenvalue weighted by Crippen LogP contribution is -2.42. The number of nitrogens with two attached hydrogens (primary N) is 2. The number of nitrogens with zero attached hydrogens (tertiary/aromatic N) is 3. The van der Waals surface area contributed by atoms with Gasteiger partial charge >= 0.3 is 6.18 Å². The van der Waals surface area contributed by atoms with Crippen LogP contribution in [0.15, 0.2) is 24.7 Å². The summed E-state index contributed by atoms with van der Waals surface area (Å²) in [4.78, 5) is 27.0. The van der Waals surface area contributed by atoms with Crippen LogP contribution in [-0.4, -0.2) is 44.5 Å². The number of halogens is 3. The van der Waals surface area contributed by atoms with Gasteiger partial charge in [0.2, 0.25) is 11.9 Å². The molecule has 0 aromatic carbocycles. The van der Waals surface area contributed by atoms with Gasteiger partial charge in [-0.05, 0) is 44.6 Å². The Hall–Kier alpha value is -3.41. The van der Waals surface area contributed by atoms with Crippen molar-refractivity contribution in [2.45, 2.75) is 50.9 Å². The van der Waals surface area contributed by atoms with Gasteiger partial charge in [0.05, 0.1) is 24.0 Å². The van der Waals surface area contributed by atoms with E-state index in [1.165, 1.54) is 6.20 Å². The first-order valence-electron chi connectivity index (χ1n) is 11.1. The third-order valence-corrected chi connectivity index (χ3v) is 6.32. The van der Waals surface area contributed by atoms with E-state index in [2.05, 4.69) is 30.6 Å². The highest BCUT2D eigenvalue weighted by molar-refractivity contribution is 5.95. The Bertz CT molecular complexity index is 1170. The predicted octanol–water partition coefficient (Wildman–Crippen LogP) is 3.06. The molecule has 0 bridgehead atoms. The van der Waals surface area contributed by atoms with Gasteiger partial charge in [-0.15, -0.1) is 0 Å². The number of pyridine rings is 1. The summed E-state index contributed by atoms with van der Waals surface area (Å²) in [5.74, 6) is 0.541. The highest BCUT2D eigenvalue weighted by Crippen LogP contribution is 2.35. The Morgan fingerprint density at radius 1 is 1.24 bits per heavy atom. The Morgan fingerprint density at radius 2 is 1.97 bits per heavy atom. The van der Waals surface area contributed by atoms with Crippen molar-refractivity contribution in [3.8, 4) is 11.3 Å². The number of fused-ring (bicyclic) bond motifs is 1. The molecule has 3 aromatic rings. The molecule has 0 unspecified atom stereocenters. The monoisotopic (exact) mass is 476 g/mol. The molecule has 1 fully saturated rings. The maximum absolute atomic E-state index is 13.2. The fourth-order valence-electron chi connectivity index (χ4n) is 4.40. The molecule has 0 aliphatic heterocycles. The van der Waals surface area contributed by atoms with Crippen LogP contribution in [0.4, 0.5) is 24.8 Å². The fourth-order valence-corrected chi connectivity index (χ4v) is 4.40. The van der Waals surface area contributed by atoms with Gasteiger partial charge in [-0.1, -0.05) is 0 Å². The number of aromatic amines is 1. The number of nitrogens with one attached hydrogen (secondary N) is 3. The predicted molar refractivity (Wildman–Crippen MR) is 123 cm³/mol. The number of nitrogen functional groups attached to an aromatic ring is 1. The number of alkyl halides is 3. The van der Waals surface area contributed by atoms with Crippen molar-refractivity contribution in [2.24, 2.45) is 11.7 Å². The van der Waals surface area contributed by atoms with E-state index in [-0.39, 0.29) is 35.6 Å². The average Bonchev–Trinajstić information content (AvgIpc) is 3.23. The first-order chi connectivity index (χ1) is 16.2. The number of hydrogen-bond donors (Lipinski definition) is 5. The second-order valence-electron chi connectivity index (χ2n) is 8.63. The molecule has 182 valence electrons. The zero-order valence-electron chi connectivity index (χ0n) is 18.6. The number of rotatable bonds is 6. The summed E-state index contributed by atoms with van der Waals surface area (Å²) < 4.78 is 39.6. The van der Waals surface area contributed by atoms with Gasteiger partial charge in [-0.2, -0.15) is 13.2 Å². The Kier molecular flexibility index (Phi) is 6.60. The lowest BCUT2D eigenvalue weighted by molar-refractivity contribution is -0.137. The van der Waals surface area contributed by atoms with Crippen molar-refractivity contribution in [1.82, 2.24) is 25.3 Å².